The summed E-state index contributed by atoms with van der Waals surface area (Å²) in [5.74, 6) is 1.21. The minimum atomic E-state index is -0.528. The van der Waals surface area contributed by atoms with Gasteiger partial charge >= 0.3 is 6.03 Å². The standard InChI is InChI=1S/C16H25N3OS/c1-3-21-15-9-8-14(10-15)18-11(2)12-4-6-13(7-5-12)19-16(17)20/h4-7,11,14-15,18H,3,8-10H2,1-2H3,(H3,17,19,20). The molecular weight excluding hydrogens is 282 g/mol. The second-order valence-corrected chi connectivity index (χ2v) is 7.16. The number of benzene rings is 1. The van der Waals surface area contributed by atoms with E-state index in [9.17, 15) is 4.79 Å². The van der Waals surface area contributed by atoms with Crippen molar-refractivity contribution < 1.29 is 4.79 Å². The van der Waals surface area contributed by atoms with Crippen molar-refractivity contribution in [2.75, 3.05) is 11.1 Å². The second-order valence-electron chi connectivity index (χ2n) is 5.59. The maximum atomic E-state index is 10.8. The van der Waals surface area contributed by atoms with Crippen molar-refractivity contribution in [1.82, 2.24) is 5.32 Å². The zero-order valence-corrected chi connectivity index (χ0v) is 13.6. The zero-order chi connectivity index (χ0) is 15.2. The molecule has 2 rings (SSSR count). The van der Waals surface area contributed by atoms with Gasteiger partial charge in [-0.3, -0.25) is 0 Å². The Morgan fingerprint density at radius 1 is 1.38 bits per heavy atom. The van der Waals surface area contributed by atoms with Crippen LogP contribution in [0.25, 0.3) is 0 Å². The quantitative estimate of drug-likeness (QED) is 0.753. The van der Waals surface area contributed by atoms with Gasteiger partial charge in [-0.05, 0) is 49.6 Å². The summed E-state index contributed by atoms with van der Waals surface area (Å²) in [6.07, 6.45) is 3.86. The number of nitrogens with two attached hydrogens (primary N) is 1. The van der Waals surface area contributed by atoms with E-state index in [0.717, 1.165) is 10.9 Å². The number of carbonyl (C=O) groups excluding carboxylic acids is 1. The van der Waals surface area contributed by atoms with Gasteiger partial charge in [0.05, 0.1) is 0 Å². The van der Waals surface area contributed by atoms with Crippen LogP contribution in [-0.2, 0) is 0 Å². The molecule has 1 fully saturated rings. The largest absolute Gasteiger partial charge is 0.351 e. The lowest BCUT2D eigenvalue weighted by Gasteiger charge is -2.20. The maximum absolute atomic E-state index is 10.8. The number of rotatable bonds is 6. The van der Waals surface area contributed by atoms with E-state index in [0.29, 0.717) is 12.1 Å². The molecule has 1 aromatic carbocycles. The first-order valence-electron chi connectivity index (χ1n) is 7.62. The van der Waals surface area contributed by atoms with Crippen LogP contribution < -0.4 is 16.4 Å². The molecule has 3 unspecified atom stereocenters. The first-order chi connectivity index (χ1) is 10.1. The van der Waals surface area contributed by atoms with Crippen molar-refractivity contribution >= 4 is 23.5 Å². The van der Waals surface area contributed by atoms with Crippen molar-refractivity contribution in [3.8, 4) is 0 Å². The molecular formula is C16H25N3OS. The van der Waals surface area contributed by atoms with E-state index in [1.165, 1.54) is 30.6 Å². The first-order valence-corrected chi connectivity index (χ1v) is 8.67. The van der Waals surface area contributed by atoms with Gasteiger partial charge in [0.15, 0.2) is 0 Å². The van der Waals surface area contributed by atoms with Gasteiger partial charge in [0.2, 0.25) is 0 Å². The summed E-state index contributed by atoms with van der Waals surface area (Å²) in [6, 6.07) is 8.27. The monoisotopic (exact) mass is 307 g/mol. The molecule has 0 heterocycles. The van der Waals surface area contributed by atoms with Gasteiger partial charge in [-0.15, -0.1) is 0 Å². The Bertz CT molecular complexity index is 463. The number of urea groups is 1. The molecule has 1 aliphatic carbocycles. The van der Waals surface area contributed by atoms with Crippen molar-refractivity contribution in [2.45, 2.75) is 50.4 Å². The lowest BCUT2D eigenvalue weighted by atomic mass is 10.1. The molecule has 2 amide bonds. The lowest BCUT2D eigenvalue weighted by Crippen LogP contribution is -2.29. The minimum Gasteiger partial charge on any atom is -0.351 e. The van der Waals surface area contributed by atoms with Gasteiger partial charge in [-0.25, -0.2) is 4.79 Å². The molecule has 116 valence electrons. The first kappa shape index (κ1) is 16.2. The molecule has 3 atom stereocenters. The van der Waals surface area contributed by atoms with Gasteiger partial charge < -0.3 is 16.4 Å². The average Bonchev–Trinajstić information content (AvgIpc) is 2.86. The third-order valence-electron chi connectivity index (χ3n) is 3.95. The third kappa shape index (κ3) is 4.93. The highest BCUT2D eigenvalue weighted by Crippen LogP contribution is 2.31. The van der Waals surface area contributed by atoms with Gasteiger partial charge in [0.25, 0.3) is 0 Å². The van der Waals surface area contributed by atoms with Crippen LogP contribution in [0.3, 0.4) is 0 Å². The highest BCUT2D eigenvalue weighted by atomic mass is 32.2. The van der Waals surface area contributed by atoms with Crippen molar-refractivity contribution in [1.29, 1.82) is 0 Å². The molecule has 0 aliphatic heterocycles. The van der Waals surface area contributed by atoms with Crippen LogP contribution in [0.2, 0.25) is 0 Å². The van der Waals surface area contributed by atoms with Gasteiger partial charge in [-0.1, -0.05) is 19.1 Å². The number of thioether (sulfide) groups is 1. The summed E-state index contributed by atoms with van der Waals surface area (Å²) in [5.41, 5.74) is 7.07. The van der Waals surface area contributed by atoms with Crippen molar-refractivity contribution in [3.05, 3.63) is 29.8 Å². The summed E-state index contributed by atoms with van der Waals surface area (Å²) < 4.78 is 0. The normalized spacial score (nSPS) is 23.0. The maximum Gasteiger partial charge on any atom is 0.316 e. The van der Waals surface area contributed by atoms with E-state index in [1.807, 2.05) is 24.3 Å². The Kier molecular flexibility index (Phi) is 5.94. The highest BCUT2D eigenvalue weighted by Gasteiger charge is 2.25. The number of anilines is 1. The topological polar surface area (TPSA) is 67.2 Å². The summed E-state index contributed by atoms with van der Waals surface area (Å²) in [7, 11) is 0. The van der Waals surface area contributed by atoms with Crippen LogP contribution in [0, 0.1) is 0 Å². The fourth-order valence-corrected chi connectivity index (χ4v) is 4.07. The molecule has 0 spiro atoms. The van der Waals surface area contributed by atoms with Crippen LogP contribution in [0.4, 0.5) is 10.5 Å². The highest BCUT2D eigenvalue weighted by molar-refractivity contribution is 7.99. The Morgan fingerprint density at radius 3 is 2.71 bits per heavy atom. The van der Waals surface area contributed by atoms with Gasteiger partial charge in [0.1, 0.15) is 0 Å². The minimum absolute atomic E-state index is 0.322. The SMILES string of the molecule is CCSC1CCC(NC(C)c2ccc(NC(N)=O)cc2)C1. The molecule has 1 aromatic rings. The van der Waals surface area contributed by atoms with E-state index in [2.05, 4.69) is 36.2 Å². The van der Waals surface area contributed by atoms with Crippen molar-refractivity contribution in [3.63, 3.8) is 0 Å². The molecule has 0 bridgehead atoms. The van der Waals surface area contributed by atoms with E-state index in [-0.39, 0.29) is 0 Å². The van der Waals surface area contributed by atoms with Gasteiger partial charge in [-0.2, -0.15) is 11.8 Å². The van der Waals surface area contributed by atoms with Crippen LogP contribution >= 0.6 is 11.8 Å². The summed E-state index contributed by atoms with van der Waals surface area (Å²) in [6.45, 7) is 4.42. The molecule has 4 N–H and O–H groups in total. The summed E-state index contributed by atoms with van der Waals surface area (Å²) >= 11 is 2.08. The van der Waals surface area contributed by atoms with E-state index < -0.39 is 6.03 Å². The van der Waals surface area contributed by atoms with E-state index >= 15 is 0 Å². The second kappa shape index (κ2) is 7.71. The number of nitrogens with one attached hydrogen (secondary N) is 2. The number of hydrogen-bond acceptors (Lipinski definition) is 3. The summed E-state index contributed by atoms with van der Waals surface area (Å²) in [4.78, 5) is 10.8. The third-order valence-corrected chi connectivity index (χ3v) is 5.18. The Hall–Kier alpha value is -1.20. The molecule has 0 radical (unpaired) electrons. The number of primary amides is 1. The number of carbonyl (C=O) groups is 1. The average molecular weight is 307 g/mol. The molecule has 4 nitrogen and oxygen atoms in total. The zero-order valence-electron chi connectivity index (χ0n) is 12.8. The fraction of sp³-hybridized carbons (Fsp3) is 0.562. The number of amides is 2. The van der Waals surface area contributed by atoms with Gasteiger partial charge in [0, 0.05) is 23.0 Å². The fourth-order valence-electron chi connectivity index (χ4n) is 2.93. The van der Waals surface area contributed by atoms with Crippen LogP contribution in [0.5, 0.6) is 0 Å². The molecule has 0 saturated heterocycles. The summed E-state index contributed by atoms with van der Waals surface area (Å²) in [5, 5.41) is 7.12. The Morgan fingerprint density at radius 2 is 2.10 bits per heavy atom. The Labute approximate surface area is 131 Å². The Balaban J connectivity index is 1.85. The molecule has 1 saturated carbocycles. The van der Waals surface area contributed by atoms with Crippen molar-refractivity contribution in [2.24, 2.45) is 5.73 Å². The van der Waals surface area contributed by atoms with Crippen LogP contribution in [-0.4, -0.2) is 23.1 Å². The molecule has 21 heavy (non-hydrogen) atoms. The molecule has 1 aliphatic rings. The molecule has 0 aromatic heterocycles. The van der Waals surface area contributed by atoms with E-state index in [1.54, 1.807) is 0 Å². The molecule has 5 heteroatoms. The lowest BCUT2D eigenvalue weighted by molar-refractivity contribution is 0.259. The number of hydrogen-bond donors (Lipinski definition) is 3. The predicted octanol–water partition coefficient (Wildman–Crippen LogP) is 3.50. The predicted molar refractivity (Wildman–Crippen MR) is 90.8 cm³/mol. The van der Waals surface area contributed by atoms with E-state index in [4.69, 9.17) is 5.73 Å². The smallest absolute Gasteiger partial charge is 0.316 e. The van der Waals surface area contributed by atoms with Crippen LogP contribution in [0.15, 0.2) is 24.3 Å². The van der Waals surface area contributed by atoms with Crippen LogP contribution in [0.1, 0.15) is 44.7 Å².